The molecule has 2 nitrogen and oxygen atoms in total. The van der Waals surface area contributed by atoms with Gasteiger partial charge in [0.25, 0.3) is 0 Å². The van der Waals surface area contributed by atoms with Gasteiger partial charge in [-0.15, -0.1) is 0 Å². The van der Waals surface area contributed by atoms with Crippen molar-refractivity contribution in [1.82, 2.24) is 4.98 Å². The van der Waals surface area contributed by atoms with Crippen LogP contribution in [0.1, 0.15) is 5.56 Å². The molecule has 0 bridgehead atoms. The van der Waals surface area contributed by atoms with E-state index in [1.54, 1.807) is 6.07 Å². The van der Waals surface area contributed by atoms with E-state index in [1.165, 1.54) is 12.1 Å². The number of benzene rings is 2. The van der Waals surface area contributed by atoms with Crippen LogP contribution in [0.4, 0.5) is 10.1 Å². The van der Waals surface area contributed by atoms with Crippen LogP contribution in [0.25, 0.3) is 10.8 Å². The Morgan fingerprint density at radius 2 is 1.95 bits per heavy atom. The molecule has 2 aromatic carbocycles. The van der Waals surface area contributed by atoms with Gasteiger partial charge in [0.1, 0.15) is 5.82 Å². The highest BCUT2D eigenvalue weighted by atomic mass is 35.5. The minimum atomic E-state index is -0.351. The number of nitrogens with zero attached hydrogens (tertiary/aromatic N) is 1. The Hall–Kier alpha value is -2.13. The van der Waals surface area contributed by atoms with Crippen molar-refractivity contribution in [3.63, 3.8) is 0 Å². The molecule has 0 unspecified atom stereocenters. The van der Waals surface area contributed by atoms with Crippen molar-refractivity contribution in [2.45, 2.75) is 6.54 Å². The van der Waals surface area contributed by atoms with Gasteiger partial charge in [0.2, 0.25) is 0 Å². The third kappa shape index (κ3) is 2.73. The summed E-state index contributed by atoms with van der Waals surface area (Å²) in [6.07, 6.45) is 3.65. The van der Waals surface area contributed by atoms with Crippen molar-refractivity contribution in [3.05, 3.63) is 71.3 Å². The highest BCUT2D eigenvalue weighted by Crippen LogP contribution is 2.21. The van der Waals surface area contributed by atoms with E-state index in [9.17, 15) is 4.39 Å². The van der Waals surface area contributed by atoms with E-state index >= 15 is 0 Å². The third-order valence-corrected chi connectivity index (χ3v) is 3.31. The van der Waals surface area contributed by atoms with Crippen molar-refractivity contribution in [1.29, 1.82) is 0 Å². The SMILES string of the molecule is Fc1cc(Cl)cc(NCc2cncc3ccccc23)c1. The molecule has 3 aromatic rings. The summed E-state index contributed by atoms with van der Waals surface area (Å²) in [4.78, 5) is 4.22. The molecule has 0 aliphatic rings. The summed E-state index contributed by atoms with van der Waals surface area (Å²) in [6, 6.07) is 12.4. The third-order valence-electron chi connectivity index (χ3n) is 3.10. The minimum Gasteiger partial charge on any atom is -0.381 e. The predicted octanol–water partition coefficient (Wildman–Crippen LogP) is 4.64. The number of aromatic nitrogens is 1. The van der Waals surface area contributed by atoms with Crippen LogP contribution in [0, 0.1) is 5.82 Å². The Bertz CT molecular complexity index is 733. The van der Waals surface area contributed by atoms with Gasteiger partial charge in [-0.2, -0.15) is 0 Å². The number of rotatable bonds is 3. The molecule has 0 amide bonds. The number of anilines is 1. The van der Waals surface area contributed by atoms with Crippen molar-refractivity contribution < 1.29 is 4.39 Å². The van der Waals surface area contributed by atoms with Crippen LogP contribution >= 0.6 is 11.6 Å². The second-order valence-electron chi connectivity index (χ2n) is 4.53. The summed E-state index contributed by atoms with van der Waals surface area (Å²) in [6.45, 7) is 0.564. The Morgan fingerprint density at radius 1 is 1.10 bits per heavy atom. The van der Waals surface area contributed by atoms with Crippen molar-refractivity contribution in [2.75, 3.05) is 5.32 Å². The van der Waals surface area contributed by atoms with E-state index in [4.69, 9.17) is 11.6 Å². The smallest absolute Gasteiger partial charge is 0.126 e. The fraction of sp³-hybridized carbons (Fsp3) is 0.0625. The second kappa shape index (κ2) is 5.47. The quantitative estimate of drug-likeness (QED) is 0.759. The van der Waals surface area contributed by atoms with Crippen LogP contribution in [-0.2, 0) is 6.54 Å². The predicted molar refractivity (Wildman–Crippen MR) is 80.5 cm³/mol. The highest BCUT2D eigenvalue weighted by molar-refractivity contribution is 6.30. The van der Waals surface area contributed by atoms with Gasteiger partial charge in [-0.05, 0) is 29.1 Å². The van der Waals surface area contributed by atoms with Crippen LogP contribution in [0.5, 0.6) is 0 Å². The molecule has 0 aliphatic heterocycles. The van der Waals surface area contributed by atoms with Crippen molar-refractivity contribution in [3.8, 4) is 0 Å². The maximum atomic E-state index is 13.3. The van der Waals surface area contributed by atoms with E-state index in [-0.39, 0.29) is 5.82 Å². The molecule has 1 aromatic heterocycles. The van der Waals surface area contributed by atoms with Gasteiger partial charge in [0, 0.05) is 35.0 Å². The highest BCUT2D eigenvalue weighted by Gasteiger charge is 2.03. The molecule has 20 heavy (non-hydrogen) atoms. The van der Waals surface area contributed by atoms with Crippen molar-refractivity contribution in [2.24, 2.45) is 0 Å². The number of fused-ring (bicyclic) bond motifs is 1. The first kappa shape index (κ1) is 12.9. The molecule has 100 valence electrons. The Balaban J connectivity index is 1.87. The average molecular weight is 287 g/mol. The Morgan fingerprint density at radius 3 is 2.80 bits per heavy atom. The molecule has 0 saturated heterocycles. The van der Waals surface area contributed by atoms with Gasteiger partial charge in [-0.3, -0.25) is 4.98 Å². The fourth-order valence-corrected chi connectivity index (χ4v) is 2.39. The fourth-order valence-electron chi connectivity index (χ4n) is 2.17. The number of pyridine rings is 1. The van der Waals surface area contributed by atoms with Gasteiger partial charge in [0.15, 0.2) is 0 Å². The number of hydrogen-bond donors (Lipinski definition) is 1. The topological polar surface area (TPSA) is 24.9 Å². The first-order valence-electron chi connectivity index (χ1n) is 6.24. The molecular weight excluding hydrogens is 275 g/mol. The maximum Gasteiger partial charge on any atom is 0.126 e. The molecule has 0 saturated carbocycles. The van der Waals surface area contributed by atoms with E-state index in [0.29, 0.717) is 17.3 Å². The molecular formula is C16H12ClFN2. The summed E-state index contributed by atoms with van der Waals surface area (Å²) >= 11 is 5.83. The molecule has 0 spiro atoms. The standard InChI is InChI=1S/C16H12ClFN2/c17-13-5-14(18)7-15(6-13)20-10-12-9-19-8-11-3-1-2-4-16(11)12/h1-9,20H,10H2. The average Bonchev–Trinajstić information content (AvgIpc) is 2.44. The molecule has 1 N–H and O–H groups in total. The van der Waals surface area contributed by atoms with E-state index in [2.05, 4.69) is 10.3 Å². The lowest BCUT2D eigenvalue weighted by molar-refractivity contribution is 0.628. The molecule has 4 heteroatoms. The summed E-state index contributed by atoms with van der Waals surface area (Å²) in [7, 11) is 0. The van der Waals surface area contributed by atoms with Crippen LogP contribution in [0.15, 0.2) is 54.9 Å². The van der Waals surface area contributed by atoms with Crippen LogP contribution in [0.2, 0.25) is 5.02 Å². The zero-order valence-electron chi connectivity index (χ0n) is 10.6. The number of nitrogens with one attached hydrogen (secondary N) is 1. The zero-order valence-corrected chi connectivity index (χ0v) is 11.4. The molecule has 0 atom stereocenters. The van der Waals surface area contributed by atoms with Gasteiger partial charge in [0.05, 0.1) is 0 Å². The zero-order chi connectivity index (χ0) is 13.9. The molecule has 1 heterocycles. The molecule has 3 rings (SSSR count). The maximum absolute atomic E-state index is 13.3. The minimum absolute atomic E-state index is 0.351. The Kier molecular flexibility index (Phi) is 3.52. The van der Waals surface area contributed by atoms with Crippen LogP contribution in [0.3, 0.4) is 0 Å². The normalized spacial score (nSPS) is 10.7. The number of hydrogen-bond acceptors (Lipinski definition) is 2. The van der Waals surface area contributed by atoms with Crippen LogP contribution < -0.4 is 5.32 Å². The molecule has 0 aliphatic carbocycles. The Labute approximate surface area is 121 Å². The first-order valence-corrected chi connectivity index (χ1v) is 6.62. The van der Waals surface area contributed by atoms with Gasteiger partial charge in [-0.25, -0.2) is 4.39 Å². The number of halogens is 2. The monoisotopic (exact) mass is 286 g/mol. The van der Waals surface area contributed by atoms with Gasteiger partial charge in [-0.1, -0.05) is 35.9 Å². The van der Waals surface area contributed by atoms with Crippen molar-refractivity contribution >= 4 is 28.1 Å². The van der Waals surface area contributed by atoms with Gasteiger partial charge < -0.3 is 5.32 Å². The lowest BCUT2D eigenvalue weighted by Gasteiger charge is -2.09. The summed E-state index contributed by atoms with van der Waals surface area (Å²) in [5.41, 5.74) is 1.71. The lowest BCUT2D eigenvalue weighted by atomic mass is 10.1. The van der Waals surface area contributed by atoms with Gasteiger partial charge >= 0.3 is 0 Å². The molecule has 0 radical (unpaired) electrons. The van der Waals surface area contributed by atoms with Crippen LogP contribution in [-0.4, -0.2) is 4.98 Å². The summed E-state index contributed by atoms with van der Waals surface area (Å²) in [5.74, 6) is -0.351. The van der Waals surface area contributed by atoms with E-state index < -0.39 is 0 Å². The summed E-state index contributed by atoms with van der Waals surface area (Å²) in [5, 5.41) is 5.77. The second-order valence-corrected chi connectivity index (χ2v) is 4.97. The lowest BCUT2D eigenvalue weighted by Crippen LogP contribution is -2.01. The first-order chi connectivity index (χ1) is 9.72. The van der Waals surface area contributed by atoms with E-state index in [0.717, 1.165) is 16.3 Å². The summed E-state index contributed by atoms with van der Waals surface area (Å²) < 4.78 is 13.3. The molecule has 0 fully saturated rings. The van der Waals surface area contributed by atoms with E-state index in [1.807, 2.05) is 36.7 Å². The largest absolute Gasteiger partial charge is 0.381 e.